The molecule has 2 aromatic heterocycles. The number of ether oxygens (including phenoxy) is 2. The quantitative estimate of drug-likeness (QED) is 0.454. The van der Waals surface area contributed by atoms with Crippen LogP contribution in [0.25, 0.3) is 0 Å². The average molecular weight is 449 g/mol. The number of nitrogens with one attached hydrogen (secondary N) is 3. The van der Waals surface area contributed by atoms with Crippen molar-refractivity contribution < 1.29 is 14.3 Å². The lowest BCUT2D eigenvalue weighted by molar-refractivity contribution is 0.102. The number of aromatic amines is 1. The van der Waals surface area contributed by atoms with Gasteiger partial charge in [-0.25, -0.2) is 4.98 Å². The van der Waals surface area contributed by atoms with E-state index in [0.717, 1.165) is 41.4 Å². The highest BCUT2D eigenvalue weighted by Crippen LogP contribution is 2.24. The molecule has 1 aliphatic heterocycles. The second-order valence-electron chi connectivity index (χ2n) is 7.95. The van der Waals surface area contributed by atoms with Gasteiger partial charge in [0, 0.05) is 24.4 Å². The average Bonchev–Trinajstić information content (AvgIpc) is 3.30. The standard InChI is InChI=1S/C24H28N6O3/c1-15-5-4-8-25-23(15)20-13-27-21(14-26-20)24(31)28-22-11-17(29-30-22)7-6-16-9-18(32-2)12-19(10-16)33-3/h4-5,9-15,23,25H,6-8H2,1-3H3,(H2,28,29,30,31). The molecule has 4 rings (SSSR count). The number of carbonyl (C=O) groups is 1. The van der Waals surface area contributed by atoms with Gasteiger partial charge in [-0.3, -0.25) is 14.9 Å². The maximum atomic E-state index is 12.6. The molecule has 9 nitrogen and oxygen atoms in total. The van der Waals surface area contributed by atoms with E-state index in [1.807, 2.05) is 24.3 Å². The number of aryl methyl sites for hydroxylation is 2. The molecule has 33 heavy (non-hydrogen) atoms. The highest BCUT2D eigenvalue weighted by molar-refractivity contribution is 6.02. The van der Waals surface area contributed by atoms with E-state index in [4.69, 9.17) is 9.47 Å². The van der Waals surface area contributed by atoms with Crippen molar-refractivity contribution in [2.24, 2.45) is 5.92 Å². The molecule has 172 valence electrons. The molecule has 0 radical (unpaired) electrons. The van der Waals surface area contributed by atoms with E-state index in [1.165, 1.54) is 6.20 Å². The Kier molecular flexibility index (Phi) is 6.99. The minimum atomic E-state index is -0.353. The van der Waals surface area contributed by atoms with E-state index >= 15 is 0 Å². The molecule has 0 aliphatic carbocycles. The molecular formula is C24H28N6O3. The van der Waals surface area contributed by atoms with Crippen LogP contribution in [0.2, 0.25) is 0 Å². The lowest BCUT2D eigenvalue weighted by Gasteiger charge is -2.25. The Morgan fingerprint density at radius 2 is 1.88 bits per heavy atom. The maximum Gasteiger partial charge on any atom is 0.277 e. The summed E-state index contributed by atoms with van der Waals surface area (Å²) in [5.74, 6) is 1.90. The summed E-state index contributed by atoms with van der Waals surface area (Å²) in [6.07, 6.45) is 8.89. The summed E-state index contributed by atoms with van der Waals surface area (Å²) in [5, 5.41) is 13.3. The number of hydrogen-bond donors (Lipinski definition) is 3. The van der Waals surface area contributed by atoms with E-state index in [1.54, 1.807) is 20.4 Å². The predicted octanol–water partition coefficient (Wildman–Crippen LogP) is 3.09. The van der Waals surface area contributed by atoms with Crippen molar-refractivity contribution in [1.29, 1.82) is 0 Å². The summed E-state index contributed by atoms with van der Waals surface area (Å²) in [6, 6.07) is 7.70. The second-order valence-corrected chi connectivity index (χ2v) is 7.95. The molecule has 1 aliphatic rings. The Labute approximate surface area is 192 Å². The summed E-state index contributed by atoms with van der Waals surface area (Å²) in [7, 11) is 3.26. The largest absolute Gasteiger partial charge is 0.497 e. The second kappa shape index (κ2) is 10.3. The summed E-state index contributed by atoms with van der Waals surface area (Å²) >= 11 is 0. The van der Waals surface area contributed by atoms with E-state index < -0.39 is 0 Å². The minimum absolute atomic E-state index is 0.0954. The van der Waals surface area contributed by atoms with Crippen LogP contribution in [-0.2, 0) is 12.8 Å². The van der Waals surface area contributed by atoms with Crippen molar-refractivity contribution in [2.45, 2.75) is 25.8 Å². The third-order valence-electron chi connectivity index (χ3n) is 5.61. The molecule has 3 heterocycles. The van der Waals surface area contributed by atoms with Gasteiger partial charge >= 0.3 is 0 Å². The van der Waals surface area contributed by atoms with Gasteiger partial charge in [-0.2, -0.15) is 5.10 Å². The molecule has 3 N–H and O–H groups in total. The normalized spacial score (nSPS) is 17.5. The van der Waals surface area contributed by atoms with E-state index in [9.17, 15) is 4.79 Å². The van der Waals surface area contributed by atoms with Crippen LogP contribution in [0.3, 0.4) is 0 Å². The molecular weight excluding hydrogens is 420 g/mol. The first-order valence-corrected chi connectivity index (χ1v) is 10.9. The maximum absolute atomic E-state index is 12.6. The molecule has 3 aromatic rings. The van der Waals surface area contributed by atoms with Crippen LogP contribution in [0, 0.1) is 5.92 Å². The smallest absolute Gasteiger partial charge is 0.277 e. The Morgan fingerprint density at radius 1 is 1.09 bits per heavy atom. The monoisotopic (exact) mass is 448 g/mol. The fourth-order valence-electron chi connectivity index (χ4n) is 3.79. The highest BCUT2D eigenvalue weighted by atomic mass is 16.5. The van der Waals surface area contributed by atoms with Crippen molar-refractivity contribution >= 4 is 11.7 Å². The van der Waals surface area contributed by atoms with Crippen molar-refractivity contribution in [1.82, 2.24) is 25.5 Å². The Morgan fingerprint density at radius 3 is 2.55 bits per heavy atom. The summed E-state index contributed by atoms with van der Waals surface area (Å²) < 4.78 is 10.6. The van der Waals surface area contributed by atoms with Gasteiger partial charge in [0.15, 0.2) is 5.82 Å². The number of amides is 1. The first kappa shape index (κ1) is 22.5. The molecule has 1 aromatic carbocycles. The van der Waals surface area contributed by atoms with Crippen LogP contribution in [0.15, 0.2) is 48.8 Å². The number of methoxy groups -OCH3 is 2. The fraction of sp³-hybridized carbons (Fsp3) is 0.333. The van der Waals surface area contributed by atoms with Crippen LogP contribution in [-0.4, -0.2) is 46.8 Å². The van der Waals surface area contributed by atoms with E-state index in [2.05, 4.69) is 49.9 Å². The number of nitrogens with zero attached hydrogens (tertiary/aromatic N) is 3. The van der Waals surface area contributed by atoms with Crippen LogP contribution in [0.4, 0.5) is 5.82 Å². The minimum Gasteiger partial charge on any atom is -0.497 e. The topological polar surface area (TPSA) is 114 Å². The molecule has 2 unspecified atom stereocenters. The van der Waals surface area contributed by atoms with E-state index in [0.29, 0.717) is 18.2 Å². The fourth-order valence-corrected chi connectivity index (χ4v) is 3.79. The Bertz CT molecular complexity index is 1100. The van der Waals surface area contributed by atoms with Gasteiger partial charge in [-0.1, -0.05) is 19.1 Å². The molecule has 2 atom stereocenters. The molecule has 1 amide bonds. The van der Waals surface area contributed by atoms with Gasteiger partial charge in [0.2, 0.25) is 0 Å². The predicted molar refractivity (Wildman–Crippen MR) is 125 cm³/mol. The Hall–Kier alpha value is -3.72. The molecule has 9 heteroatoms. The van der Waals surface area contributed by atoms with Gasteiger partial charge < -0.3 is 20.1 Å². The first-order chi connectivity index (χ1) is 16.1. The number of hydrogen-bond acceptors (Lipinski definition) is 7. The zero-order chi connectivity index (χ0) is 23.2. The van der Waals surface area contributed by atoms with Gasteiger partial charge in [-0.05, 0) is 36.5 Å². The number of rotatable bonds is 8. The number of benzene rings is 1. The highest BCUT2D eigenvalue weighted by Gasteiger charge is 2.21. The summed E-state index contributed by atoms with van der Waals surface area (Å²) in [6.45, 7) is 2.92. The van der Waals surface area contributed by atoms with Crippen molar-refractivity contribution in [3.05, 3.63) is 71.5 Å². The van der Waals surface area contributed by atoms with Crippen LogP contribution >= 0.6 is 0 Å². The van der Waals surface area contributed by atoms with Gasteiger partial charge in [0.1, 0.15) is 17.2 Å². The van der Waals surface area contributed by atoms with Crippen molar-refractivity contribution in [3.8, 4) is 11.5 Å². The van der Waals surface area contributed by atoms with Crippen molar-refractivity contribution in [3.63, 3.8) is 0 Å². The summed E-state index contributed by atoms with van der Waals surface area (Å²) in [4.78, 5) is 21.3. The number of anilines is 1. The number of H-pyrrole nitrogens is 1. The molecule has 0 saturated carbocycles. The zero-order valence-electron chi connectivity index (χ0n) is 19.0. The van der Waals surface area contributed by atoms with E-state index in [-0.39, 0.29) is 17.6 Å². The molecule has 0 bridgehead atoms. The van der Waals surface area contributed by atoms with Gasteiger partial charge in [-0.15, -0.1) is 0 Å². The lowest BCUT2D eigenvalue weighted by atomic mass is 9.96. The lowest BCUT2D eigenvalue weighted by Crippen LogP contribution is -2.30. The zero-order valence-corrected chi connectivity index (χ0v) is 19.0. The number of aromatic nitrogens is 4. The SMILES string of the molecule is COc1cc(CCc2cc(NC(=O)c3cnc(C4NCC=CC4C)cn3)n[nH]2)cc(OC)c1. The van der Waals surface area contributed by atoms with Crippen molar-refractivity contribution in [2.75, 3.05) is 26.1 Å². The van der Waals surface area contributed by atoms with Gasteiger partial charge in [0.25, 0.3) is 5.91 Å². The molecule has 0 spiro atoms. The first-order valence-electron chi connectivity index (χ1n) is 10.9. The third-order valence-corrected chi connectivity index (χ3v) is 5.61. The number of carbonyl (C=O) groups excluding carboxylic acids is 1. The summed E-state index contributed by atoms with van der Waals surface area (Å²) in [5.41, 5.74) is 3.04. The molecule has 0 saturated heterocycles. The van der Waals surface area contributed by atoms with Crippen LogP contribution < -0.4 is 20.1 Å². The Balaban J connectivity index is 1.34. The van der Waals surface area contributed by atoms with Crippen LogP contribution in [0.1, 0.15) is 40.4 Å². The van der Waals surface area contributed by atoms with Gasteiger partial charge in [0.05, 0.1) is 38.3 Å². The molecule has 0 fully saturated rings. The third kappa shape index (κ3) is 5.56. The van der Waals surface area contributed by atoms with Crippen LogP contribution in [0.5, 0.6) is 11.5 Å².